The van der Waals surface area contributed by atoms with Gasteiger partial charge >= 0.3 is 0 Å². The third kappa shape index (κ3) is 5.06. The van der Waals surface area contributed by atoms with Crippen molar-refractivity contribution in [2.45, 2.75) is 31.7 Å². The van der Waals surface area contributed by atoms with E-state index in [-0.39, 0.29) is 5.91 Å². The molecule has 94 valence electrons. The maximum absolute atomic E-state index is 11.5. The largest absolute Gasteiger partial charge is 0.356 e. The molecular formula is C12H17ClN2OS. The minimum atomic E-state index is 0.126. The van der Waals surface area contributed by atoms with Crippen LogP contribution in [0.25, 0.3) is 0 Å². The molecule has 1 amide bonds. The summed E-state index contributed by atoms with van der Waals surface area (Å²) in [5.74, 6) is 0.126. The van der Waals surface area contributed by atoms with Crippen molar-refractivity contribution in [2.75, 3.05) is 13.1 Å². The summed E-state index contributed by atoms with van der Waals surface area (Å²) < 4.78 is 0.806. The number of nitrogens with one attached hydrogen (secondary N) is 2. The average Bonchev–Trinajstić information content (AvgIpc) is 3.02. The molecule has 0 saturated heterocycles. The van der Waals surface area contributed by atoms with Crippen LogP contribution < -0.4 is 10.6 Å². The number of thiophene rings is 1. The molecule has 2 N–H and O–H groups in total. The summed E-state index contributed by atoms with van der Waals surface area (Å²) in [6, 6.07) is 4.58. The molecule has 2 rings (SSSR count). The summed E-state index contributed by atoms with van der Waals surface area (Å²) in [6.45, 7) is 1.49. The number of rotatable bonds is 7. The molecule has 1 aromatic heterocycles. The Morgan fingerprint density at radius 2 is 2.24 bits per heavy atom. The Hall–Kier alpha value is -0.580. The van der Waals surface area contributed by atoms with E-state index in [1.807, 2.05) is 12.1 Å². The van der Waals surface area contributed by atoms with Gasteiger partial charge in [-0.15, -0.1) is 11.3 Å². The Kier molecular flexibility index (Phi) is 4.83. The van der Waals surface area contributed by atoms with Crippen molar-refractivity contribution < 1.29 is 4.79 Å². The monoisotopic (exact) mass is 272 g/mol. The zero-order chi connectivity index (χ0) is 12.1. The van der Waals surface area contributed by atoms with Crippen LogP contribution in [0, 0.1) is 0 Å². The Morgan fingerprint density at radius 3 is 2.88 bits per heavy atom. The molecule has 1 aliphatic carbocycles. The fourth-order valence-electron chi connectivity index (χ4n) is 1.58. The van der Waals surface area contributed by atoms with E-state index in [2.05, 4.69) is 10.6 Å². The molecule has 0 unspecified atom stereocenters. The van der Waals surface area contributed by atoms with E-state index in [1.54, 1.807) is 11.3 Å². The zero-order valence-corrected chi connectivity index (χ0v) is 11.2. The van der Waals surface area contributed by atoms with Crippen molar-refractivity contribution in [3.8, 4) is 0 Å². The summed E-state index contributed by atoms with van der Waals surface area (Å²) in [7, 11) is 0. The van der Waals surface area contributed by atoms with Gasteiger partial charge in [0.2, 0.25) is 5.91 Å². The number of halogens is 1. The summed E-state index contributed by atoms with van der Waals surface area (Å²) in [5, 5.41) is 6.24. The van der Waals surface area contributed by atoms with Crippen LogP contribution >= 0.6 is 22.9 Å². The van der Waals surface area contributed by atoms with Gasteiger partial charge in [0.05, 0.1) is 4.34 Å². The normalized spacial score (nSPS) is 14.9. The van der Waals surface area contributed by atoms with Crippen LogP contribution in [0.15, 0.2) is 12.1 Å². The second-order valence-corrected chi connectivity index (χ2v) is 6.08. The standard InChI is InChI=1S/C12H17ClN2OS/c13-11-4-3-10(17-11)5-7-15-12(16)6-8-14-9-1-2-9/h3-4,9,14H,1-2,5-8H2,(H,15,16). The topological polar surface area (TPSA) is 41.1 Å². The van der Waals surface area contributed by atoms with Crippen molar-refractivity contribution >= 4 is 28.8 Å². The lowest BCUT2D eigenvalue weighted by Crippen LogP contribution is -2.29. The first-order valence-corrected chi connectivity index (χ1v) is 7.18. The molecule has 5 heteroatoms. The molecule has 1 heterocycles. The number of hydrogen-bond acceptors (Lipinski definition) is 3. The van der Waals surface area contributed by atoms with Crippen LogP contribution in [-0.2, 0) is 11.2 Å². The summed E-state index contributed by atoms with van der Waals surface area (Å²) >= 11 is 7.40. The van der Waals surface area contributed by atoms with E-state index in [0.29, 0.717) is 19.0 Å². The van der Waals surface area contributed by atoms with E-state index in [4.69, 9.17) is 11.6 Å². The Labute approximate surface area is 111 Å². The highest BCUT2D eigenvalue weighted by molar-refractivity contribution is 7.16. The number of carbonyl (C=O) groups is 1. The Bertz CT molecular complexity index is 376. The lowest BCUT2D eigenvalue weighted by Gasteiger charge is -2.04. The highest BCUT2D eigenvalue weighted by atomic mass is 35.5. The Morgan fingerprint density at radius 1 is 1.41 bits per heavy atom. The van der Waals surface area contributed by atoms with Crippen molar-refractivity contribution in [3.63, 3.8) is 0 Å². The molecular weight excluding hydrogens is 256 g/mol. The van der Waals surface area contributed by atoms with Gasteiger partial charge in [-0.25, -0.2) is 0 Å². The first-order chi connectivity index (χ1) is 8.24. The van der Waals surface area contributed by atoms with E-state index >= 15 is 0 Å². The van der Waals surface area contributed by atoms with Gasteiger partial charge in [0.15, 0.2) is 0 Å². The maximum Gasteiger partial charge on any atom is 0.221 e. The molecule has 3 nitrogen and oxygen atoms in total. The van der Waals surface area contributed by atoms with E-state index in [1.165, 1.54) is 17.7 Å². The van der Waals surface area contributed by atoms with Crippen LogP contribution in [-0.4, -0.2) is 25.0 Å². The lowest BCUT2D eigenvalue weighted by atomic mass is 10.3. The molecule has 0 aromatic carbocycles. The SMILES string of the molecule is O=C(CCNC1CC1)NCCc1ccc(Cl)s1. The number of hydrogen-bond donors (Lipinski definition) is 2. The van der Waals surface area contributed by atoms with Crippen LogP contribution in [0.2, 0.25) is 4.34 Å². The van der Waals surface area contributed by atoms with Gasteiger partial charge < -0.3 is 10.6 Å². The molecule has 0 atom stereocenters. The lowest BCUT2D eigenvalue weighted by molar-refractivity contribution is -0.120. The molecule has 17 heavy (non-hydrogen) atoms. The molecule has 1 fully saturated rings. The molecule has 1 saturated carbocycles. The summed E-state index contributed by atoms with van der Waals surface area (Å²) in [6.07, 6.45) is 3.96. The van der Waals surface area contributed by atoms with Crippen LogP contribution in [0.1, 0.15) is 24.1 Å². The molecule has 0 bridgehead atoms. The Balaban J connectivity index is 1.53. The highest BCUT2D eigenvalue weighted by Gasteiger charge is 2.19. The van der Waals surface area contributed by atoms with Crippen molar-refractivity contribution in [1.82, 2.24) is 10.6 Å². The van der Waals surface area contributed by atoms with Crippen LogP contribution in [0.5, 0.6) is 0 Å². The van der Waals surface area contributed by atoms with Crippen molar-refractivity contribution in [2.24, 2.45) is 0 Å². The molecule has 0 aliphatic heterocycles. The first kappa shape index (κ1) is 12.9. The van der Waals surface area contributed by atoms with Crippen LogP contribution in [0.3, 0.4) is 0 Å². The first-order valence-electron chi connectivity index (χ1n) is 5.98. The molecule has 1 aliphatic rings. The minimum absolute atomic E-state index is 0.126. The number of amides is 1. The van der Waals surface area contributed by atoms with Crippen LogP contribution in [0.4, 0.5) is 0 Å². The van der Waals surface area contributed by atoms with Gasteiger partial charge in [-0.3, -0.25) is 4.79 Å². The second-order valence-electron chi connectivity index (χ2n) is 4.28. The maximum atomic E-state index is 11.5. The quantitative estimate of drug-likeness (QED) is 0.799. The van der Waals surface area contributed by atoms with E-state index in [9.17, 15) is 4.79 Å². The van der Waals surface area contributed by atoms with Gasteiger partial charge in [-0.05, 0) is 31.4 Å². The molecule has 0 radical (unpaired) electrons. The zero-order valence-electron chi connectivity index (χ0n) is 9.67. The average molecular weight is 273 g/mol. The van der Waals surface area contributed by atoms with Gasteiger partial charge in [0.1, 0.15) is 0 Å². The highest BCUT2D eigenvalue weighted by Crippen LogP contribution is 2.21. The summed E-state index contributed by atoms with van der Waals surface area (Å²) in [5.41, 5.74) is 0. The van der Waals surface area contributed by atoms with Gasteiger partial charge in [0, 0.05) is 30.4 Å². The van der Waals surface area contributed by atoms with Crippen molar-refractivity contribution in [1.29, 1.82) is 0 Å². The van der Waals surface area contributed by atoms with Gasteiger partial charge in [0.25, 0.3) is 0 Å². The summed E-state index contributed by atoms with van der Waals surface area (Å²) in [4.78, 5) is 12.7. The van der Waals surface area contributed by atoms with Gasteiger partial charge in [-0.1, -0.05) is 11.6 Å². The second kappa shape index (κ2) is 6.38. The predicted molar refractivity (Wildman–Crippen MR) is 71.7 cm³/mol. The van der Waals surface area contributed by atoms with E-state index < -0.39 is 0 Å². The number of carbonyl (C=O) groups excluding carboxylic acids is 1. The smallest absolute Gasteiger partial charge is 0.221 e. The molecule has 1 aromatic rings. The fraction of sp³-hybridized carbons (Fsp3) is 0.583. The predicted octanol–water partition coefficient (Wildman–Crippen LogP) is 2.20. The third-order valence-corrected chi connectivity index (χ3v) is 3.98. The van der Waals surface area contributed by atoms with E-state index in [0.717, 1.165) is 17.3 Å². The fourth-order valence-corrected chi connectivity index (χ4v) is 2.66. The minimum Gasteiger partial charge on any atom is -0.356 e. The van der Waals surface area contributed by atoms with Gasteiger partial charge in [-0.2, -0.15) is 0 Å². The third-order valence-electron chi connectivity index (χ3n) is 2.68. The molecule has 0 spiro atoms. The van der Waals surface area contributed by atoms with Crippen molar-refractivity contribution in [3.05, 3.63) is 21.3 Å².